The molecule has 3 heteroatoms. The van der Waals surface area contributed by atoms with Crippen molar-refractivity contribution in [2.75, 3.05) is 6.54 Å². The van der Waals surface area contributed by atoms with Gasteiger partial charge in [0.25, 0.3) is 0 Å². The van der Waals surface area contributed by atoms with E-state index in [1.807, 2.05) is 6.08 Å². The molecule has 1 heterocycles. The average molecular weight is 214 g/mol. The Morgan fingerprint density at radius 2 is 2.27 bits per heavy atom. The molecule has 0 radical (unpaired) electrons. The van der Waals surface area contributed by atoms with E-state index < -0.39 is 0 Å². The van der Waals surface area contributed by atoms with Gasteiger partial charge in [-0.2, -0.15) is 0 Å². The number of halogens is 1. The molecule has 1 N–H and O–H groups in total. The van der Waals surface area contributed by atoms with Crippen LogP contribution in [0.3, 0.4) is 0 Å². The van der Waals surface area contributed by atoms with Crippen LogP contribution in [0.1, 0.15) is 12.8 Å². The van der Waals surface area contributed by atoms with Crippen molar-refractivity contribution >= 4 is 21.7 Å². The standard InChI is InChI=1S/C8H8BrNO/c9-5-3-6-7(10-4-5)1-2-8(6)11/h3,10H,1-2,4H2. The molecule has 0 amide bonds. The molecule has 0 aromatic carbocycles. The number of dihydropyridines is 1. The first-order valence-corrected chi connectivity index (χ1v) is 4.43. The summed E-state index contributed by atoms with van der Waals surface area (Å²) in [6.45, 7) is 0.826. The third kappa shape index (κ3) is 1.13. The summed E-state index contributed by atoms with van der Waals surface area (Å²) >= 11 is 3.36. The molecule has 0 saturated heterocycles. The van der Waals surface area contributed by atoms with Crippen LogP contribution < -0.4 is 5.32 Å². The minimum absolute atomic E-state index is 0.268. The molecule has 58 valence electrons. The van der Waals surface area contributed by atoms with Crippen molar-refractivity contribution in [3.8, 4) is 0 Å². The molecule has 0 atom stereocenters. The summed E-state index contributed by atoms with van der Waals surface area (Å²) in [6.07, 6.45) is 3.50. The lowest BCUT2D eigenvalue weighted by Gasteiger charge is -2.12. The predicted octanol–water partition coefficient (Wildman–Crippen LogP) is 1.49. The van der Waals surface area contributed by atoms with Gasteiger partial charge in [-0.05, 0) is 12.5 Å². The molecule has 1 aliphatic carbocycles. The molecule has 0 saturated carbocycles. The molecule has 0 aromatic rings. The second-order valence-corrected chi connectivity index (χ2v) is 3.78. The van der Waals surface area contributed by atoms with Gasteiger partial charge in [-0.3, -0.25) is 4.79 Å². The van der Waals surface area contributed by atoms with E-state index in [0.29, 0.717) is 6.42 Å². The minimum Gasteiger partial charge on any atom is -0.383 e. The highest BCUT2D eigenvalue weighted by Gasteiger charge is 2.23. The van der Waals surface area contributed by atoms with E-state index in [1.165, 1.54) is 0 Å². The highest BCUT2D eigenvalue weighted by molar-refractivity contribution is 9.11. The number of Topliss-reactive ketones (excluding diaryl/α,β-unsaturated/α-hetero) is 1. The molecular formula is C8H8BrNO. The molecule has 0 fully saturated rings. The third-order valence-corrected chi connectivity index (χ3v) is 2.51. The lowest BCUT2D eigenvalue weighted by atomic mass is 10.1. The summed E-state index contributed by atoms with van der Waals surface area (Å²) in [7, 11) is 0. The van der Waals surface area contributed by atoms with E-state index in [2.05, 4.69) is 21.2 Å². The molecule has 0 unspecified atom stereocenters. The van der Waals surface area contributed by atoms with Gasteiger partial charge in [0.05, 0.1) is 0 Å². The predicted molar refractivity (Wildman–Crippen MR) is 46.3 cm³/mol. The Morgan fingerprint density at radius 1 is 1.45 bits per heavy atom. The van der Waals surface area contributed by atoms with Crippen LogP contribution in [0.2, 0.25) is 0 Å². The Kier molecular flexibility index (Phi) is 1.60. The molecule has 0 aromatic heterocycles. The van der Waals surface area contributed by atoms with Gasteiger partial charge in [0.1, 0.15) is 0 Å². The summed E-state index contributed by atoms with van der Waals surface area (Å²) in [4.78, 5) is 11.2. The van der Waals surface area contributed by atoms with Crippen LogP contribution in [0.4, 0.5) is 0 Å². The topological polar surface area (TPSA) is 29.1 Å². The van der Waals surface area contributed by atoms with Gasteiger partial charge >= 0.3 is 0 Å². The zero-order valence-electron chi connectivity index (χ0n) is 5.98. The second kappa shape index (κ2) is 2.48. The largest absolute Gasteiger partial charge is 0.383 e. The van der Waals surface area contributed by atoms with Gasteiger partial charge in [-0.15, -0.1) is 0 Å². The number of hydrogen-bond donors (Lipinski definition) is 1. The number of allylic oxidation sites excluding steroid dienone is 3. The van der Waals surface area contributed by atoms with Crippen molar-refractivity contribution in [1.29, 1.82) is 0 Å². The first kappa shape index (κ1) is 7.10. The minimum atomic E-state index is 0.268. The quantitative estimate of drug-likeness (QED) is 0.661. The number of nitrogens with one attached hydrogen (secondary N) is 1. The van der Waals surface area contributed by atoms with Gasteiger partial charge in [0.2, 0.25) is 0 Å². The fourth-order valence-electron chi connectivity index (χ4n) is 1.43. The molecule has 2 rings (SSSR count). The van der Waals surface area contributed by atoms with E-state index in [-0.39, 0.29) is 5.78 Å². The van der Waals surface area contributed by atoms with Crippen molar-refractivity contribution < 1.29 is 4.79 Å². The number of rotatable bonds is 0. The lowest BCUT2D eigenvalue weighted by molar-refractivity contribution is -0.114. The Morgan fingerprint density at radius 3 is 3.09 bits per heavy atom. The van der Waals surface area contributed by atoms with Crippen LogP contribution in [0.25, 0.3) is 0 Å². The van der Waals surface area contributed by atoms with Crippen LogP contribution in [0.5, 0.6) is 0 Å². The SMILES string of the molecule is O=C1CCC2=C1C=C(Br)CN2. The molecule has 2 nitrogen and oxygen atoms in total. The fraction of sp³-hybridized carbons (Fsp3) is 0.375. The summed E-state index contributed by atoms with van der Waals surface area (Å²) in [5, 5.41) is 3.20. The van der Waals surface area contributed by atoms with Crippen molar-refractivity contribution in [2.45, 2.75) is 12.8 Å². The first-order chi connectivity index (χ1) is 5.27. The molecule has 1 aliphatic heterocycles. The Bertz CT molecular complexity index is 278. The summed E-state index contributed by atoms with van der Waals surface area (Å²) < 4.78 is 1.06. The van der Waals surface area contributed by atoms with E-state index in [0.717, 1.165) is 28.7 Å². The van der Waals surface area contributed by atoms with E-state index in [4.69, 9.17) is 0 Å². The summed E-state index contributed by atoms with van der Waals surface area (Å²) in [5.41, 5.74) is 2.00. The molecular weight excluding hydrogens is 206 g/mol. The Labute approximate surface area is 73.5 Å². The summed E-state index contributed by atoms with van der Waals surface area (Å²) in [5.74, 6) is 0.268. The van der Waals surface area contributed by atoms with Crippen LogP contribution in [0, 0.1) is 0 Å². The number of hydrogen-bond acceptors (Lipinski definition) is 2. The Balaban J connectivity index is 2.39. The highest BCUT2D eigenvalue weighted by atomic mass is 79.9. The van der Waals surface area contributed by atoms with Gasteiger partial charge < -0.3 is 5.32 Å². The smallest absolute Gasteiger partial charge is 0.165 e. The third-order valence-electron chi connectivity index (χ3n) is 2.00. The highest BCUT2D eigenvalue weighted by Crippen LogP contribution is 2.27. The lowest BCUT2D eigenvalue weighted by Crippen LogP contribution is -2.18. The van der Waals surface area contributed by atoms with E-state index in [1.54, 1.807) is 0 Å². The average Bonchev–Trinajstić information content (AvgIpc) is 2.33. The van der Waals surface area contributed by atoms with Crippen LogP contribution in [-0.4, -0.2) is 12.3 Å². The maximum Gasteiger partial charge on any atom is 0.165 e. The Hall–Kier alpha value is -0.570. The number of carbonyl (C=O) groups excluding carboxylic acids is 1. The first-order valence-electron chi connectivity index (χ1n) is 3.63. The maximum absolute atomic E-state index is 11.2. The normalized spacial score (nSPS) is 23.0. The van der Waals surface area contributed by atoms with Crippen molar-refractivity contribution in [3.63, 3.8) is 0 Å². The van der Waals surface area contributed by atoms with Gasteiger partial charge in [0.15, 0.2) is 5.78 Å². The van der Waals surface area contributed by atoms with E-state index in [9.17, 15) is 4.79 Å². The molecule has 0 spiro atoms. The molecule has 0 bridgehead atoms. The maximum atomic E-state index is 11.2. The summed E-state index contributed by atoms with van der Waals surface area (Å²) in [6, 6.07) is 0. The second-order valence-electron chi connectivity index (χ2n) is 2.76. The van der Waals surface area contributed by atoms with Crippen molar-refractivity contribution in [2.24, 2.45) is 0 Å². The fourth-order valence-corrected chi connectivity index (χ4v) is 1.80. The number of ketones is 1. The van der Waals surface area contributed by atoms with Crippen LogP contribution >= 0.6 is 15.9 Å². The number of carbonyl (C=O) groups is 1. The molecule has 2 aliphatic rings. The van der Waals surface area contributed by atoms with Crippen LogP contribution in [-0.2, 0) is 4.79 Å². The van der Waals surface area contributed by atoms with Crippen molar-refractivity contribution in [1.82, 2.24) is 5.32 Å². The van der Waals surface area contributed by atoms with Gasteiger partial charge in [-0.1, -0.05) is 15.9 Å². The molecule has 11 heavy (non-hydrogen) atoms. The van der Waals surface area contributed by atoms with E-state index >= 15 is 0 Å². The van der Waals surface area contributed by atoms with Crippen molar-refractivity contribution in [3.05, 3.63) is 21.8 Å². The van der Waals surface area contributed by atoms with Gasteiger partial charge in [0, 0.05) is 28.7 Å². The monoisotopic (exact) mass is 213 g/mol. The van der Waals surface area contributed by atoms with Gasteiger partial charge in [-0.25, -0.2) is 0 Å². The zero-order valence-corrected chi connectivity index (χ0v) is 7.57. The zero-order chi connectivity index (χ0) is 7.84. The van der Waals surface area contributed by atoms with Crippen LogP contribution in [0.15, 0.2) is 21.8 Å².